The molecule has 158 valence electrons. The van der Waals surface area contributed by atoms with Gasteiger partial charge in [0, 0.05) is 22.0 Å². The van der Waals surface area contributed by atoms with Crippen molar-refractivity contribution in [1.29, 1.82) is 0 Å². The molecule has 0 saturated carbocycles. The molecular weight excluding hydrogens is 409 g/mol. The first-order valence-corrected chi connectivity index (χ1v) is 13.9. The van der Waals surface area contributed by atoms with Crippen LogP contribution in [0, 0.1) is 5.92 Å². The Morgan fingerprint density at radius 1 is 0.969 bits per heavy atom. The van der Waals surface area contributed by atoms with Crippen LogP contribution in [0.15, 0.2) is 77.8 Å². The molecule has 2 atom stereocenters. The van der Waals surface area contributed by atoms with Gasteiger partial charge in [0.2, 0.25) is 0 Å². The Morgan fingerprint density at radius 2 is 1.84 bits per heavy atom. The Kier molecular flexibility index (Phi) is 4.49. The van der Waals surface area contributed by atoms with Gasteiger partial charge in [-0.25, -0.2) is 0 Å². The molecule has 2 nitrogen and oxygen atoms in total. The maximum absolute atomic E-state index is 12.9. The topological polar surface area (TPSA) is 29.4 Å². The second kappa shape index (κ2) is 7.29. The summed E-state index contributed by atoms with van der Waals surface area (Å²) >= 11 is 0. The molecule has 0 fully saturated rings. The monoisotopic (exact) mass is 435 g/mol. The van der Waals surface area contributed by atoms with Gasteiger partial charge >= 0.3 is 0 Å². The lowest BCUT2D eigenvalue weighted by molar-refractivity contribution is 0.588. The highest BCUT2D eigenvalue weighted by atomic mass is 31.2. The largest absolute Gasteiger partial charge is 0.319 e. The first-order chi connectivity index (χ1) is 15.5. The van der Waals surface area contributed by atoms with Gasteiger partial charge in [0.05, 0.1) is 11.4 Å². The van der Waals surface area contributed by atoms with Gasteiger partial charge in [-0.15, -0.1) is 0 Å². The average Bonchev–Trinajstić information content (AvgIpc) is 2.82. The molecule has 1 aliphatic heterocycles. The van der Waals surface area contributed by atoms with Crippen molar-refractivity contribution in [3.63, 3.8) is 0 Å². The normalized spacial score (nSPS) is 20.6. The van der Waals surface area contributed by atoms with Crippen molar-refractivity contribution in [3.8, 4) is 0 Å². The van der Waals surface area contributed by atoms with Crippen molar-refractivity contribution in [2.45, 2.75) is 18.9 Å². The van der Waals surface area contributed by atoms with Gasteiger partial charge in [0.15, 0.2) is 0 Å². The van der Waals surface area contributed by atoms with Crippen molar-refractivity contribution in [2.75, 3.05) is 13.3 Å². The number of allylic oxidation sites excluding steroid dienone is 1. The number of rotatable bonds is 2. The Balaban J connectivity index is 1.70. The van der Waals surface area contributed by atoms with Crippen molar-refractivity contribution in [3.05, 3.63) is 111 Å². The number of benzene rings is 3. The highest BCUT2D eigenvalue weighted by Crippen LogP contribution is 2.43. The van der Waals surface area contributed by atoms with Gasteiger partial charge in [-0.05, 0) is 60.1 Å². The number of hydrogen-bond donors (Lipinski definition) is 0. The van der Waals surface area contributed by atoms with Crippen molar-refractivity contribution < 1.29 is 4.57 Å². The molecule has 0 saturated heterocycles. The molecule has 6 rings (SSSR count). The molecule has 2 aliphatic carbocycles. The minimum atomic E-state index is -2.36. The van der Waals surface area contributed by atoms with Gasteiger partial charge < -0.3 is 4.57 Å². The Hall–Kier alpha value is -2.96. The summed E-state index contributed by atoms with van der Waals surface area (Å²) in [6.45, 7) is 3.70. The smallest absolute Gasteiger partial charge is 0.109 e. The summed E-state index contributed by atoms with van der Waals surface area (Å²) in [6, 6.07) is 21.6. The second-order valence-corrected chi connectivity index (χ2v) is 12.6. The second-order valence-electron chi connectivity index (χ2n) is 9.38. The summed E-state index contributed by atoms with van der Waals surface area (Å²) in [5, 5.41) is 3.25. The van der Waals surface area contributed by atoms with Gasteiger partial charge in [0.1, 0.15) is 7.14 Å². The summed E-state index contributed by atoms with van der Waals surface area (Å²) in [7, 11) is -2.36. The lowest BCUT2D eigenvalue weighted by Gasteiger charge is -2.33. The molecule has 3 aromatic carbocycles. The molecule has 1 heterocycles. The molecule has 2 unspecified atom stereocenters. The zero-order valence-electron chi connectivity index (χ0n) is 18.5. The summed E-state index contributed by atoms with van der Waals surface area (Å²) in [6.07, 6.45) is 11.2. The molecule has 0 N–H and O–H groups in total. The lowest BCUT2D eigenvalue weighted by Crippen LogP contribution is -2.39. The molecular formula is C29H26NOP. The van der Waals surface area contributed by atoms with E-state index in [4.69, 9.17) is 4.99 Å². The SMILES string of the molecule is CP(C)(=O)c1cccc(C2=c3ccc4c(c3=NC3c5ccccc5C=CC23)C=CCC4)c1. The molecule has 0 aromatic heterocycles. The van der Waals surface area contributed by atoms with E-state index in [1.54, 1.807) is 0 Å². The molecule has 0 bridgehead atoms. The fraction of sp³-hybridized carbons (Fsp3) is 0.207. The fourth-order valence-corrected chi connectivity index (χ4v) is 6.26. The summed E-state index contributed by atoms with van der Waals surface area (Å²) in [5.74, 6) is 0.159. The third-order valence-corrected chi connectivity index (χ3v) is 8.50. The van der Waals surface area contributed by atoms with Crippen LogP contribution >= 0.6 is 7.14 Å². The molecule has 0 amide bonds. The van der Waals surface area contributed by atoms with Crippen LogP contribution in [-0.4, -0.2) is 13.3 Å². The zero-order chi connectivity index (χ0) is 21.9. The van der Waals surface area contributed by atoms with Crippen LogP contribution in [0.25, 0.3) is 17.7 Å². The van der Waals surface area contributed by atoms with Crippen molar-refractivity contribution in [2.24, 2.45) is 10.9 Å². The number of hydrogen-bond acceptors (Lipinski definition) is 2. The van der Waals surface area contributed by atoms with E-state index < -0.39 is 7.14 Å². The number of nitrogens with zero attached hydrogens (tertiary/aromatic N) is 1. The number of fused-ring (bicyclic) bond motifs is 6. The molecule has 3 aliphatic rings. The van der Waals surface area contributed by atoms with E-state index in [1.165, 1.54) is 33.0 Å². The van der Waals surface area contributed by atoms with Crippen LogP contribution in [0.5, 0.6) is 0 Å². The maximum Gasteiger partial charge on any atom is 0.109 e. The van der Waals surface area contributed by atoms with E-state index >= 15 is 0 Å². The van der Waals surface area contributed by atoms with Crippen molar-refractivity contribution in [1.82, 2.24) is 0 Å². The van der Waals surface area contributed by atoms with E-state index in [-0.39, 0.29) is 12.0 Å². The third kappa shape index (κ3) is 3.09. The molecule has 3 aromatic rings. The standard InChI is InChI=1S/C29H26NOP/c1-32(2,31)22-11-7-10-21(18-22)27-25-16-14-19-8-3-5-12-23(19)28(25)30-29-24-13-6-4-9-20(24)15-17-26(27)29/h3,5-8,10-18,25,28H,4,9H2,1-2H3. The Bertz CT molecular complexity index is 1490. The quantitative estimate of drug-likeness (QED) is 0.515. The fourth-order valence-electron chi connectivity index (χ4n) is 5.37. The zero-order valence-corrected chi connectivity index (χ0v) is 19.3. The minimum absolute atomic E-state index is 0.0549. The maximum atomic E-state index is 12.9. The van der Waals surface area contributed by atoms with Gasteiger partial charge in [-0.3, -0.25) is 4.99 Å². The van der Waals surface area contributed by atoms with Crippen LogP contribution in [0.1, 0.15) is 40.3 Å². The molecule has 0 spiro atoms. The van der Waals surface area contributed by atoms with E-state index in [0.29, 0.717) is 0 Å². The molecule has 3 heteroatoms. The Morgan fingerprint density at radius 3 is 2.72 bits per heavy atom. The minimum Gasteiger partial charge on any atom is -0.319 e. The first kappa shape index (κ1) is 19.7. The first-order valence-electron chi connectivity index (χ1n) is 11.3. The van der Waals surface area contributed by atoms with Crippen LogP contribution < -0.4 is 15.9 Å². The van der Waals surface area contributed by atoms with E-state index in [9.17, 15) is 4.57 Å². The van der Waals surface area contributed by atoms with Crippen LogP contribution in [0.3, 0.4) is 0 Å². The van der Waals surface area contributed by atoms with Crippen molar-refractivity contribution >= 4 is 30.2 Å². The Labute approximate surface area is 189 Å². The summed E-state index contributed by atoms with van der Waals surface area (Å²) in [5.41, 5.74) is 7.64. The third-order valence-electron chi connectivity index (χ3n) is 6.98. The van der Waals surface area contributed by atoms with Crippen LogP contribution in [0.2, 0.25) is 0 Å². The summed E-state index contributed by atoms with van der Waals surface area (Å²) in [4.78, 5) is 5.39. The van der Waals surface area contributed by atoms with E-state index in [0.717, 1.165) is 29.1 Å². The highest BCUT2D eigenvalue weighted by molar-refractivity contribution is 7.70. The van der Waals surface area contributed by atoms with Crippen LogP contribution in [0.4, 0.5) is 0 Å². The van der Waals surface area contributed by atoms with Gasteiger partial charge in [-0.2, -0.15) is 0 Å². The highest BCUT2D eigenvalue weighted by Gasteiger charge is 2.33. The van der Waals surface area contributed by atoms with Crippen LogP contribution in [-0.2, 0) is 11.0 Å². The van der Waals surface area contributed by atoms with E-state index in [2.05, 4.69) is 78.9 Å². The molecule has 32 heavy (non-hydrogen) atoms. The van der Waals surface area contributed by atoms with E-state index in [1.807, 2.05) is 19.4 Å². The van der Waals surface area contributed by atoms with Gasteiger partial charge in [-0.1, -0.05) is 78.9 Å². The molecule has 0 radical (unpaired) electrons. The predicted molar refractivity (Wildman–Crippen MR) is 134 cm³/mol. The summed E-state index contributed by atoms with van der Waals surface area (Å²) < 4.78 is 12.9. The predicted octanol–water partition coefficient (Wildman–Crippen LogP) is 5.11. The average molecular weight is 436 g/mol. The number of aryl methyl sites for hydroxylation is 1. The van der Waals surface area contributed by atoms with Gasteiger partial charge in [0.25, 0.3) is 0 Å². The lowest BCUT2D eigenvalue weighted by atomic mass is 9.76.